The van der Waals surface area contributed by atoms with Crippen molar-refractivity contribution in [2.45, 2.75) is 51.1 Å². The van der Waals surface area contributed by atoms with Crippen LogP contribution in [0.2, 0.25) is 10.0 Å². The maximum absolute atomic E-state index is 11.5. The number of nitrogens with one attached hydrogen (secondary N) is 2. The number of pyridine rings is 2. The van der Waals surface area contributed by atoms with Gasteiger partial charge in [0.25, 0.3) is 0 Å². The fraction of sp³-hybridized carbons (Fsp3) is 0.500. The lowest BCUT2D eigenvalue weighted by Crippen LogP contribution is -2.37. The molecule has 3 rings (SSSR count). The molecule has 7 nitrogen and oxygen atoms in total. The molecular weight excluding hydrogens is 439 g/mol. The summed E-state index contributed by atoms with van der Waals surface area (Å²) in [7, 11) is 0. The van der Waals surface area contributed by atoms with Crippen LogP contribution >= 0.6 is 23.2 Å². The normalized spacial score (nSPS) is 14.0. The molecule has 1 unspecified atom stereocenters. The second-order valence-electron chi connectivity index (χ2n) is 7.55. The number of anilines is 1. The van der Waals surface area contributed by atoms with E-state index in [1.165, 1.54) is 18.0 Å². The van der Waals surface area contributed by atoms with Crippen LogP contribution < -0.4 is 10.6 Å². The maximum Gasteiger partial charge on any atom is 0.320 e. The number of halogens is 2. The highest BCUT2D eigenvalue weighted by Gasteiger charge is 2.18. The van der Waals surface area contributed by atoms with Gasteiger partial charge in [0.15, 0.2) is 0 Å². The molecule has 2 aromatic heterocycles. The standard InChI is InChI=1S/C22H28Cl2N4O3/c23-18-13-25-14-19(24)17(18)12-27-20(22(29)30)8-11-31-10-2-1-5-16-7-6-15-4-3-9-26-21(15)28-16/h6-7,13-14,20,27H,1-5,8-12H2,(H,26,28)(H,29,30). The van der Waals surface area contributed by atoms with Gasteiger partial charge in [-0.3, -0.25) is 9.78 Å². The van der Waals surface area contributed by atoms with Crippen LogP contribution in [0.3, 0.4) is 0 Å². The highest BCUT2D eigenvalue weighted by Crippen LogP contribution is 2.23. The first-order chi connectivity index (χ1) is 15.0. The van der Waals surface area contributed by atoms with E-state index in [-0.39, 0.29) is 6.54 Å². The first-order valence-corrected chi connectivity index (χ1v) is 11.3. The monoisotopic (exact) mass is 466 g/mol. The molecule has 0 saturated carbocycles. The first kappa shape index (κ1) is 23.7. The predicted octanol–water partition coefficient (Wildman–Crippen LogP) is 4.11. The number of aliphatic carboxylic acids is 1. The molecule has 1 aliphatic heterocycles. The van der Waals surface area contributed by atoms with Crippen LogP contribution in [0.1, 0.15) is 42.5 Å². The number of aryl methyl sites for hydroxylation is 2. The van der Waals surface area contributed by atoms with Crippen molar-refractivity contribution in [2.75, 3.05) is 25.1 Å². The number of hydrogen-bond donors (Lipinski definition) is 3. The highest BCUT2D eigenvalue weighted by molar-refractivity contribution is 6.35. The first-order valence-electron chi connectivity index (χ1n) is 10.6. The Kier molecular flexibility index (Phi) is 9.33. The summed E-state index contributed by atoms with van der Waals surface area (Å²) in [5, 5.41) is 16.6. The molecule has 9 heteroatoms. The molecule has 3 heterocycles. The van der Waals surface area contributed by atoms with Gasteiger partial charge in [-0.2, -0.15) is 0 Å². The third-order valence-corrected chi connectivity index (χ3v) is 5.90. The van der Waals surface area contributed by atoms with Crippen molar-refractivity contribution in [3.05, 3.63) is 51.4 Å². The second-order valence-corrected chi connectivity index (χ2v) is 8.37. The van der Waals surface area contributed by atoms with Gasteiger partial charge >= 0.3 is 5.97 Å². The predicted molar refractivity (Wildman–Crippen MR) is 122 cm³/mol. The van der Waals surface area contributed by atoms with Crippen LogP contribution in [0.4, 0.5) is 5.82 Å². The van der Waals surface area contributed by atoms with E-state index in [1.807, 2.05) is 0 Å². The van der Waals surface area contributed by atoms with Gasteiger partial charge in [-0.15, -0.1) is 0 Å². The Morgan fingerprint density at radius 1 is 1.23 bits per heavy atom. The number of nitrogens with zero attached hydrogens (tertiary/aromatic N) is 2. The Bertz CT molecular complexity index is 862. The Morgan fingerprint density at radius 2 is 2.03 bits per heavy atom. The van der Waals surface area contributed by atoms with Crippen molar-refractivity contribution in [3.63, 3.8) is 0 Å². The lowest BCUT2D eigenvalue weighted by Gasteiger charge is -2.17. The Morgan fingerprint density at radius 3 is 2.81 bits per heavy atom. The molecule has 0 radical (unpaired) electrons. The summed E-state index contributed by atoms with van der Waals surface area (Å²) < 4.78 is 5.64. The lowest BCUT2D eigenvalue weighted by atomic mass is 10.1. The number of aromatic nitrogens is 2. The van der Waals surface area contributed by atoms with E-state index in [0.29, 0.717) is 35.2 Å². The molecular formula is C22H28Cl2N4O3. The zero-order valence-corrected chi connectivity index (χ0v) is 18.9. The summed E-state index contributed by atoms with van der Waals surface area (Å²) in [5.74, 6) is 0.0959. The van der Waals surface area contributed by atoms with Crippen molar-refractivity contribution in [3.8, 4) is 0 Å². The van der Waals surface area contributed by atoms with Gasteiger partial charge in [0.1, 0.15) is 11.9 Å². The zero-order valence-electron chi connectivity index (χ0n) is 17.4. The van der Waals surface area contributed by atoms with Gasteiger partial charge in [0.05, 0.1) is 10.0 Å². The van der Waals surface area contributed by atoms with Gasteiger partial charge in [-0.25, -0.2) is 4.98 Å². The largest absolute Gasteiger partial charge is 0.480 e. The van der Waals surface area contributed by atoms with E-state index < -0.39 is 12.0 Å². The van der Waals surface area contributed by atoms with E-state index in [9.17, 15) is 9.90 Å². The van der Waals surface area contributed by atoms with Crippen molar-refractivity contribution in [2.24, 2.45) is 0 Å². The summed E-state index contributed by atoms with van der Waals surface area (Å²) in [4.78, 5) is 20.1. The molecule has 2 aromatic rings. The minimum Gasteiger partial charge on any atom is -0.480 e. The Labute approximate surface area is 192 Å². The van der Waals surface area contributed by atoms with Crippen LogP contribution in [0.15, 0.2) is 24.5 Å². The second kappa shape index (κ2) is 12.2. The van der Waals surface area contributed by atoms with Gasteiger partial charge in [0, 0.05) is 50.0 Å². The summed E-state index contributed by atoms with van der Waals surface area (Å²) in [5.41, 5.74) is 3.03. The molecule has 31 heavy (non-hydrogen) atoms. The number of unbranched alkanes of at least 4 members (excludes halogenated alkanes) is 1. The van der Waals surface area contributed by atoms with E-state index in [2.05, 4.69) is 27.8 Å². The number of fused-ring (bicyclic) bond motifs is 1. The van der Waals surface area contributed by atoms with Gasteiger partial charge < -0.3 is 20.5 Å². The van der Waals surface area contributed by atoms with E-state index in [0.717, 1.165) is 50.2 Å². The molecule has 0 spiro atoms. The fourth-order valence-electron chi connectivity index (χ4n) is 3.47. The van der Waals surface area contributed by atoms with Gasteiger partial charge in [0.2, 0.25) is 0 Å². The summed E-state index contributed by atoms with van der Waals surface area (Å²) in [6.45, 7) is 2.20. The maximum atomic E-state index is 11.5. The average Bonchev–Trinajstić information content (AvgIpc) is 2.76. The molecule has 0 saturated heterocycles. The number of carbonyl (C=O) groups is 1. The highest BCUT2D eigenvalue weighted by atomic mass is 35.5. The summed E-state index contributed by atoms with van der Waals surface area (Å²) >= 11 is 12.2. The number of carboxylic acid groups (broad SMARTS) is 1. The van der Waals surface area contributed by atoms with E-state index in [4.69, 9.17) is 32.9 Å². The van der Waals surface area contributed by atoms with Crippen LogP contribution in [0, 0.1) is 0 Å². The van der Waals surface area contributed by atoms with Crippen molar-refractivity contribution in [1.29, 1.82) is 0 Å². The van der Waals surface area contributed by atoms with Crippen molar-refractivity contribution < 1.29 is 14.6 Å². The quantitative estimate of drug-likeness (QED) is 0.404. The van der Waals surface area contributed by atoms with E-state index in [1.54, 1.807) is 0 Å². The number of hydrogen-bond acceptors (Lipinski definition) is 6. The average molecular weight is 467 g/mol. The van der Waals surface area contributed by atoms with Crippen LogP contribution in [0.5, 0.6) is 0 Å². The van der Waals surface area contributed by atoms with Gasteiger partial charge in [-0.1, -0.05) is 29.3 Å². The Hall–Kier alpha value is -1.93. The SMILES string of the molecule is O=C(O)C(CCOCCCCc1ccc2c(n1)NCCC2)NCc1c(Cl)cncc1Cl. The topological polar surface area (TPSA) is 96.4 Å². The zero-order chi connectivity index (χ0) is 22.1. The minimum absolute atomic E-state index is 0.250. The molecule has 0 aromatic carbocycles. The number of carboxylic acids is 1. The lowest BCUT2D eigenvalue weighted by molar-refractivity contribution is -0.140. The molecule has 0 fully saturated rings. The fourth-order valence-corrected chi connectivity index (χ4v) is 3.96. The molecule has 168 valence electrons. The number of ether oxygens (including phenoxy) is 1. The van der Waals surface area contributed by atoms with Gasteiger partial charge in [-0.05, 0) is 50.2 Å². The molecule has 3 N–H and O–H groups in total. The van der Waals surface area contributed by atoms with Crippen LogP contribution in [-0.2, 0) is 28.9 Å². The van der Waals surface area contributed by atoms with E-state index >= 15 is 0 Å². The smallest absolute Gasteiger partial charge is 0.320 e. The summed E-state index contributed by atoms with van der Waals surface area (Å²) in [6.07, 6.45) is 8.37. The summed E-state index contributed by atoms with van der Waals surface area (Å²) in [6, 6.07) is 3.54. The van der Waals surface area contributed by atoms with Crippen molar-refractivity contribution in [1.82, 2.24) is 15.3 Å². The van der Waals surface area contributed by atoms with Crippen LogP contribution in [0.25, 0.3) is 0 Å². The molecule has 0 amide bonds. The molecule has 0 bridgehead atoms. The number of rotatable bonds is 12. The van der Waals surface area contributed by atoms with Crippen LogP contribution in [-0.4, -0.2) is 46.8 Å². The molecule has 0 aliphatic carbocycles. The molecule has 1 atom stereocenters. The Balaban J connectivity index is 1.32. The molecule has 1 aliphatic rings. The minimum atomic E-state index is -0.933. The van der Waals surface area contributed by atoms with Crippen molar-refractivity contribution >= 4 is 35.0 Å². The third kappa shape index (κ3) is 7.31. The third-order valence-electron chi connectivity index (χ3n) is 5.25.